The number of methoxy groups -OCH3 is 1. The third-order valence-electron chi connectivity index (χ3n) is 12.3. The van der Waals surface area contributed by atoms with E-state index < -0.39 is 84.5 Å². The molecule has 6 aliphatic rings. The van der Waals surface area contributed by atoms with Crippen LogP contribution in [0.15, 0.2) is 47.1 Å². The van der Waals surface area contributed by atoms with Gasteiger partial charge in [0, 0.05) is 44.6 Å². The number of carbonyl (C=O) groups excluding carboxylic acids is 1. The van der Waals surface area contributed by atoms with Crippen molar-refractivity contribution in [1.82, 2.24) is 0 Å². The first-order valence-corrected chi connectivity index (χ1v) is 19.1. The largest absolute Gasteiger partial charge is 0.462 e. The third kappa shape index (κ3) is 7.63. The van der Waals surface area contributed by atoms with Crippen molar-refractivity contribution in [3.8, 4) is 0 Å². The molecule has 0 aromatic rings. The number of aliphatic hydroxyl groups excluding tert-OH is 3. The fourth-order valence-corrected chi connectivity index (χ4v) is 9.16. The predicted octanol–water partition coefficient (Wildman–Crippen LogP) is 3.65. The molecule has 4 saturated heterocycles. The van der Waals surface area contributed by atoms with Gasteiger partial charge in [0.1, 0.15) is 35.9 Å². The topological polar surface area (TPSA) is 163 Å². The van der Waals surface area contributed by atoms with E-state index in [0.29, 0.717) is 30.4 Å². The van der Waals surface area contributed by atoms with Gasteiger partial charge in [-0.15, -0.1) is 0 Å². The van der Waals surface area contributed by atoms with Gasteiger partial charge in [0.05, 0.1) is 43.2 Å². The molecule has 4 fully saturated rings. The second-order valence-corrected chi connectivity index (χ2v) is 16.4. The molecular weight excluding hydrogens is 672 g/mol. The number of allylic oxidation sites excluding steroid dienone is 2. The number of hydrogen-bond acceptors (Lipinski definition) is 12. The average molecular weight is 733 g/mol. The summed E-state index contributed by atoms with van der Waals surface area (Å²) in [5.41, 5.74) is 0.0696. The monoisotopic (exact) mass is 732 g/mol. The molecule has 52 heavy (non-hydrogen) atoms. The first-order valence-electron chi connectivity index (χ1n) is 19.1. The molecule has 292 valence electrons. The van der Waals surface area contributed by atoms with Crippen LogP contribution in [0.1, 0.15) is 80.6 Å². The molecule has 0 radical (unpaired) electrons. The minimum atomic E-state index is -1.84. The van der Waals surface area contributed by atoms with E-state index in [9.17, 15) is 25.2 Å². The van der Waals surface area contributed by atoms with Gasteiger partial charge in [-0.1, -0.05) is 58.1 Å². The fourth-order valence-electron chi connectivity index (χ4n) is 9.16. The standard InChI is InChI=1S/C40H60O12/c1-20(2)35-24(6)30(41)18-39(52-35)17-28-15-27(51-39)13-12-22(4)36(50-32-16-31(46-8)34(43)25(7)48-32)21(3)10-9-11-26-19-47-37-33(42)23(5)14-29(38(44)49-28)40(26,37)45/h9-12,14,20-21,24-25,27-37,41-43,45H,13,15-19H2,1-8H3/b10-9+,22-12+,26-11-/t21-,24-,25-,27+,28-,29-,30-,31-,32-,33+,34-,35+,36-,37+,39-,40+/m0/s1. The minimum absolute atomic E-state index is 0.0260. The van der Waals surface area contributed by atoms with Crippen LogP contribution in [0.5, 0.6) is 0 Å². The maximum Gasteiger partial charge on any atom is 0.316 e. The highest BCUT2D eigenvalue weighted by Gasteiger charge is 2.60. The van der Waals surface area contributed by atoms with E-state index in [1.165, 1.54) is 0 Å². The maximum absolute atomic E-state index is 14.2. The second-order valence-electron chi connectivity index (χ2n) is 16.4. The Morgan fingerprint density at radius 1 is 1.00 bits per heavy atom. The van der Waals surface area contributed by atoms with Crippen molar-refractivity contribution in [2.75, 3.05) is 13.7 Å². The maximum atomic E-state index is 14.2. The lowest BCUT2D eigenvalue weighted by Gasteiger charge is -2.52. The van der Waals surface area contributed by atoms with E-state index in [0.717, 1.165) is 5.57 Å². The molecular formula is C40H60O12. The van der Waals surface area contributed by atoms with Crippen LogP contribution in [0.3, 0.4) is 0 Å². The molecule has 12 nitrogen and oxygen atoms in total. The Bertz CT molecular complexity index is 1420. The summed E-state index contributed by atoms with van der Waals surface area (Å²) >= 11 is 0. The molecule has 5 heterocycles. The first kappa shape index (κ1) is 39.7. The molecule has 0 unspecified atom stereocenters. The highest BCUT2D eigenvalue weighted by atomic mass is 16.7. The fraction of sp³-hybridized carbons (Fsp3) is 0.775. The molecule has 2 bridgehead atoms. The molecule has 1 spiro atoms. The van der Waals surface area contributed by atoms with E-state index in [1.54, 1.807) is 33.1 Å². The van der Waals surface area contributed by atoms with Crippen LogP contribution >= 0.6 is 0 Å². The lowest BCUT2D eigenvalue weighted by molar-refractivity contribution is -0.353. The van der Waals surface area contributed by atoms with E-state index in [1.807, 2.05) is 32.9 Å². The van der Waals surface area contributed by atoms with Gasteiger partial charge in [0.15, 0.2) is 12.1 Å². The van der Waals surface area contributed by atoms with Crippen molar-refractivity contribution < 1.29 is 58.4 Å². The highest BCUT2D eigenvalue weighted by Crippen LogP contribution is 2.48. The molecule has 0 saturated carbocycles. The second kappa shape index (κ2) is 15.6. The number of hydrogen-bond donors (Lipinski definition) is 4. The minimum Gasteiger partial charge on any atom is -0.462 e. The molecule has 0 amide bonds. The van der Waals surface area contributed by atoms with Crippen LogP contribution < -0.4 is 0 Å². The summed E-state index contributed by atoms with van der Waals surface area (Å²) in [7, 11) is 1.57. The Balaban J connectivity index is 1.39. The van der Waals surface area contributed by atoms with Gasteiger partial charge >= 0.3 is 5.97 Å². The zero-order chi connectivity index (χ0) is 37.7. The number of carbonyl (C=O) groups is 1. The van der Waals surface area contributed by atoms with Crippen molar-refractivity contribution in [1.29, 1.82) is 0 Å². The Labute approximate surface area is 307 Å². The molecule has 16 atom stereocenters. The van der Waals surface area contributed by atoms with E-state index in [-0.39, 0.29) is 43.3 Å². The van der Waals surface area contributed by atoms with Gasteiger partial charge in [-0.2, -0.15) is 0 Å². The Morgan fingerprint density at radius 2 is 1.75 bits per heavy atom. The summed E-state index contributed by atoms with van der Waals surface area (Å²) in [5, 5.41) is 45.3. The molecule has 0 aromatic heterocycles. The number of aliphatic hydroxyl groups is 4. The SMILES string of the molecule is CO[C@H]1C[C@H](O[C@@H]2/C(C)=C/C[C@@H]3C[C@@H](C[C@]4(C[C@H](O)[C@H](C)[C@@H](C(C)C)O4)O3)OC(=O)[C@@H]3C=C(C)[C@@H](O)[C@H]4OC/C(=C/C=C/[C@@H]2C)[C@]43O)O[C@@H](C)[C@@H]1O. The van der Waals surface area contributed by atoms with Gasteiger partial charge in [-0.25, -0.2) is 0 Å². The third-order valence-corrected chi connectivity index (χ3v) is 12.3. The quantitative estimate of drug-likeness (QED) is 0.246. The summed E-state index contributed by atoms with van der Waals surface area (Å²) in [4.78, 5) is 14.2. The van der Waals surface area contributed by atoms with Crippen LogP contribution in [-0.4, -0.2) is 119 Å². The van der Waals surface area contributed by atoms with E-state index in [4.69, 9.17) is 33.2 Å². The predicted molar refractivity (Wildman–Crippen MR) is 190 cm³/mol. The molecule has 6 rings (SSSR count). The zero-order valence-corrected chi connectivity index (χ0v) is 31.8. The Hall–Kier alpha value is -1.97. The van der Waals surface area contributed by atoms with Gasteiger partial charge in [-0.05, 0) is 49.8 Å². The van der Waals surface area contributed by atoms with E-state index >= 15 is 0 Å². The number of ether oxygens (including phenoxy) is 7. The van der Waals surface area contributed by atoms with Crippen molar-refractivity contribution >= 4 is 5.97 Å². The lowest BCUT2D eigenvalue weighted by Crippen LogP contribution is -2.60. The van der Waals surface area contributed by atoms with Crippen molar-refractivity contribution in [2.45, 2.75) is 159 Å². The molecule has 4 N–H and O–H groups in total. The lowest BCUT2D eigenvalue weighted by atomic mass is 9.71. The summed E-state index contributed by atoms with van der Waals surface area (Å²) < 4.78 is 44.1. The van der Waals surface area contributed by atoms with Crippen LogP contribution in [-0.2, 0) is 38.0 Å². The number of esters is 1. The van der Waals surface area contributed by atoms with Crippen molar-refractivity contribution in [2.24, 2.45) is 23.7 Å². The summed E-state index contributed by atoms with van der Waals surface area (Å²) in [6.45, 7) is 13.7. The molecule has 0 aromatic carbocycles. The Kier molecular flexibility index (Phi) is 11.9. The Morgan fingerprint density at radius 3 is 2.46 bits per heavy atom. The molecule has 12 heteroatoms. The van der Waals surface area contributed by atoms with Gasteiger partial charge in [-0.3, -0.25) is 4.79 Å². The average Bonchev–Trinajstić information content (AvgIpc) is 3.43. The smallest absolute Gasteiger partial charge is 0.316 e. The van der Waals surface area contributed by atoms with Gasteiger partial charge < -0.3 is 53.6 Å². The highest BCUT2D eigenvalue weighted by molar-refractivity contribution is 5.78. The molecule has 5 aliphatic heterocycles. The normalized spacial score (nSPS) is 50.0. The molecule has 1 aliphatic carbocycles. The van der Waals surface area contributed by atoms with Crippen molar-refractivity contribution in [3.05, 3.63) is 47.1 Å². The summed E-state index contributed by atoms with van der Waals surface area (Å²) in [6.07, 6.45) is 3.88. The number of rotatable bonds is 4. The van der Waals surface area contributed by atoms with Gasteiger partial charge in [0.2, 0.25) is 0 Å². The van der Waals surface area contributed by atoms with Crippen LogP contribution in [0.4, 0.5) is 0 Å². The van der Waals surface area contributed by atoms with Gasteiger partial charge in [0.25, 0.3) is 0 Å². The zero-order valence-electron chi connectivity index (χ0n) is 31.8. The van der Waals surface area contributed by atoms with Crippen molar-refractivity contribution in [3.63, 3.8) is 0 Å². The number of fused-ring (bicyclic) bond motifs is 2. The summed E-state index contributed by atoms with van der Waals surface area (Å²) in [6, 6.07) is 0. The first-order chi connectivity index (χ1) is 24.6. The van der Waals surface area contributed by atoms with Crippen LogP contribution in [0.2, 0.25) is 0 Å². The van der Waals surface area contributed by atoms with E-state index in [2.05, 4.69) is 19.9 Å². The van der Waals surface area contributed by atoms with Crippen LogP contribution in [0, 0.1) is 23.7 Å². The van der Waals surface area contributed by atoms with Crippen LogP contribution in [0.25, 0.3) is 0 Å². The summed E-state index contributed by atoms with van der Waals surface area (Å²) in [5.74, 6) is -3.12.